The minimum atomic E-state index is -0.874. The summed E-state index contributed by atoms with van der Waals surface area (Å²) in [6, 6.07) is 2.96. The second-order valence-corrected chi connectivity index (χ2v) is 14.2. The Hall–Kier alpha value is -3.67. The fraction of sp³-hybridized carbons (Fsp3) is 0.667. The molecule has 2 aliphatic rings. The van der Waals surface area contributed by atoms with Crippen LogP contribution >= 0.6 is 0 Å². The van der Waals surface area contributed by atoms with Gasteiger partial charge in [0, 0.05) is 43.9 Å². The number of amides is 3. The number of piperazine rings is 1. The molecule has 2 N–H and O–H groups in total. The van der Waals surface area contributed by atoms with Crippen molar-refractivity contribution in [2.75, 3.05) is 26.2 Å². The Kier molecular flexibility index (Phi) is 12.5. The van der Waals surface area contributed by atoms with Gasteiger partial charge in [-0.05, 0) is 73.8 Å². The number of halogens is 1. The number of likely N-dealkylation sites (N-methyl/N-ethyl adjacent to an activating group) is 1. The van der Waals surface area contributed by atoms with Crippen molar-refractivity contribution in [3.63, 3.8) is 0 Å². The van der Waals surface area contributed by atoms with Gasteiger partial charge in [0.05, 0.1) is 6.04 Å². The third kappa shape index (κ3) is 8.67. The van der Waals surface area contributed by atoms with Gasteiger partial charge in [-0.3, -0.25) is 24.1 Å². The molecule has 4 rings (SSSR count). The molecule has 0 radical (unpaired) electrons. The van der Waals surface area contributed by atoms with E-state index >= 15 is 4.39 Å². The highest BCUT2D eigenvalue weighted by atomic mass is 19.1. The number of nitrogens with zero attached hydrogens (tertiary/aromatic N) is 4. The molecule has 1 saturated carbocycles. The predicted octanol–water partition coefficient (Wildman–Crippen LogP) is 4.45. The molecule has 48 heavy (non-hydrogen) atoms. The number of hydrogen-bond acceptors (Lipinski definition) is 8. The zero-order valence-electron chi connectivity index (χ0n) is 29.6. The van der Waals surface area contributed by atoms with Crippen LogP contribution in [0.4, 0.5) is 4.39 Å². The summed E-state index contributed by atoms with van der Waals surface area (Å²) >= 11 is 0. The number of hydrogen-bond donors (Lipinski definition) is 2. The lowest BCUT2D eigenvalue weighted by atomic mass is 9.77. The highest BCUT2D eigenvalue weighted by molar-refractivity contribution is 5.97. The van der Waals surface area contributed by atoms with Gasteiger partial charge in [-0.1, -0.05) is 64.7 Å². The Morgan fingerprint density at radius 3 is 2.35 bits per heavy atom. The number of Topliss-reactive ketones (excluding diaryl/α,β-unsaturated/α-hetero) is 1. The van der Waals surface area contributed by atoms with Crippen LogP contribution in [0.3, 0.4) is 0 Å². The number of benzene rings is 1. The fourth-order valence-electron chi connectivity index (χ4n) is 7.22. The molecular formula is C36H53FN6O5. The van der Waals surface area contributed by atoms with Crippen molar-refractivity contribution in [2.24, 2.45) is 11.8 Å². The number of rotatable bonds is 13. The SMILES string of the molecule is CCC(=O)N[C@@H](C(=O)N1CCN(CC)C(C)(C)C1)[C@@H](C)c1ccc(CC(=O)[C@@H](NC(=O)c2nonc2CC)C2CCC(C)CC2)c(F)c1. The highest BCUT2D eigenvalue weighted by Gasteiger charge is 2.39. The smallest absolute Gasteiger partial charge is 0.276 e. The Balaban J connectivity index is 1.53. The van der Waals surface area contributed by atoms with Gasteiger partial charge in [-0.2, -0.15) is 0 Å². The maximum Gasteiger partial charge on any atom is 0.276 e. The monoisotopic (exact) mass is 668 g/mol. The van der Waals surface area contributed by atoms with Crippen LogP contribution in [0.5, 0.6) is 0 Å². The average Bonchev–Trinajstić information content (AvgIpc) is 3.55. The molecule has 12 heteroatoms. The molecule has 1 aromatic heterocycles. The number of nitrogens with one attached hydrogen (secondary N) is 2. The Morgan fingerprint density at radius 1 is 1.04 bits per heavy atom. The standard InChI is InChI=1S/C36H53FN6O5/c1-8-28-33(41-48-40-28)34(46)39-32(24-13-11-22(4)12-14-24)29(44)20-26-16-15-25(19-27(26)37)23(5)31(38-30(45)9-2)35(47)42-17-18-43(10-3)36(6,7)21-42/h15-16,19,22-24,31-32H,8-14,17-18,20-21H2,1-7H3,(H,38,45)(H,39,46)/t22?,23-,24?,31+,32-/m0/s1. The third-order valence-corrected chi connectivity index (χ3v) is 10.4. The van der Waals surface area contributed by atoms with Crippen LogP contribution < -0.4 is 10.6 Å². The van der Waals surface area contributed by atoms with Crippen LogP contribution in [0.2, 0.25) is 0 Å². The van der Waals surface area contributed by atoms with E-state index in [-0.39, 0.29) is 53.2 Å². The fourth-order valence-corrected chi connectivity index (χ4v) is 7.22. The van der Waals surface area contributed by atoms with Gasteiger partial charge in [-0.25, -0.2) is 9.02 Å². The van der Waals surface area contributed by atoms with Crippen molar-refractivity contribution in [3.05, 3.63) is 46.5 Å². The molecular weight excluding hydrogens is 615 g/mol. The number of aromatic nitrogens is 2. The maximum absolute atomic E-state index is 15.8. The molecule has 1 aliphatic heterocycles. The summed E-state index contributed by atoms with van der Waals surface area (Å²) in [5, 5.41) is 13.3. The Morgan fingerprint density at radius 2 is 1.75 bits per heavy atom. The summed E-state index contributed by atoms with van der Waals surface area (Å²) < 4.78 is 20.6. The number of carbonyl (C=O) groups excluding carboxylic acids is 4. The first-order valence-corrected chi connectivity index (χ1v) is 17.6. The molecule has 11 nitrogen and oxygen atoms in total. The van der Waals surface area contributed by atoms with Crippen LogP contribution in [-0.2, 0) is 27.2 Å². The quantitative estimate of drug-likeness (QED) is 0.320. The van der Waals surface area contributed by atoms with E-state index in [0.717, 1.165) is 38.8 Å². The second-order valence-electron chi connectivity index (χ2n) is 14.2. The summed E-state index contributed by atoms with van der Waals surface area (Å²) in [7, 11) is 0. The van der Waals surface area contributed by atoms with Crippen molar-refractivity contribution in [3.8, 4) is 0 Å². The van der Waals surface area contributed by atoms with E-state index in [2.05, 4.69) is 53.5 Å². The molecule has 0 unspecified atom stereocenters. The largest absolute Gasteiger partial charge is 0.344 e. The Bertz CT molecular complexity index is 1450. The molecule has 0 bridgehead atoms. The van der Waals surface area contributed by atoms with Crippen LogP contribution in [0, 0.1) is 17.7 Å². The van der Waals surface area contributed by atoms with Gasteiger partial charge in [0.15, 0.2) is 11.5 Å². The molecule has 2 fully saturated rings. The van der Waals surface area contributed by atoms with Crippen molar-refractivity contribution >= 4 is 23.5 Å². The topological polar surface area (TPSA) is 138 Å². The molecule has 3 atom stereocenters. The van der Waals surface area contributed by atoms with E-state index in [1.807, 2.05) is 13.8 Å². The van der Waals surface area contributed by atoms with Crippen LogP contribution in [-0.4, -0.2) is 87.4 Å². The Labute approximate surface area is 283 Å². The zero-order valence-corrected chi connectivity index (χ0v) is 29.6. The van der Waals surface area contributed by atoms with E-state index in [9.17, 15) is 19.2 Å². The number of carbonyl (C=O) groups is 4. The number of aryl methyl sites for hydroxylation is 1. The average molecular weight is 669 g/mol. The van der Waals surface area contributed by atoms with Crippen molar-refractivity contribution in [1.82, 2.24) is 30.7 Å². The number of ketones is 1. The van der Waals surface area contributed by atoms with Gasteiger partial charge in [0.25, 0.3) is 5.91 Å². The van der Waals surface area contributed by atoms with E-state index in [4.69, 9.17) is 4.63 Å². The second kappa shape index (κ2) is 16.2. The first kappa shape index (κ1) is 37.2. The maximum atomic E-state index is 15.8. The minimum absolute atomic E-state index is 0.0547. The highest BCUT2D eigenvalue weighted by Crippen LogP contribution is 2.32. The lowest BCUT2D eigenvalue weighted by Gasteiger charge is -2.47. The molecule has 1 saturated heterocycles. The van der Waals surface area contributed by atoms with Gasteiger partial charge in [0.1, 0.15) is 17.6 Å². The van der Waals surface area contributed by atoms with E-state index in [0.29, 0.717) is 36.7 Å². The molecule has 2 heterocycles. The van der Waals surface area contributed by atoms with Gasteiger partial charge in [-0.15, -0.1) is 0 Å². The van der Waals surface area contributed by atoms with Crippen molar-refractivity contribution in [2.45, 2.75) is 117 Å². The van der Waals surface area contributed by atoms with Gasteiger partial charge < -0.3 is 15.5 Å². The summed E-state index contributed by atoms with van der Waals surface area (Å²) in [6.07, 6.45) is 3.89. The van der Waals surface area contributed by atoms with E-state index in [1.54, 1.807) is 24.0 Å². The van der Waals surface area contributed by atoms with Gasteiger partial charge >= 0.3 is 0 Å². The van der Waals surface area contributed by atoms with Crippen LogP contribution in [0.25, 0.3) is 0 Å². The molecule has 3 amide bonds. The lowest BCUT2D eigenvalue weighted by molar-refractivity contribution is -0.141. The first-order valence-electron chi connectivity index (χ1n) is 17.6. The van der Waals surface area contributed by atoms with Crippen molar-refractivity contribution in [1.29, 1.82) is 0 Å². The first-order chi connectivity index (χ1) is 22.8. The predicted molar refractivity (Wildman–Crippen MR) is 180 cm³/mol. The van der Waals surface area contributed by atoms with Crippen LogP contribution in [0.15, 0.2) is 22.8 Å². The zero-order chi connectivity index (χ0) is 35.2. The molecule has 1 aliphatic carbocycles. The summed E-state index contributed by atoms with van der Waals surface area (Å²) in [6.45, 7) is 16.5. The van der Waals surface area contributed by atoms with Crippen molar-refractivity contribution < 1.29 is 28.2 Å². The lowest BCUT2D eigenvalue weighted by Crippen LogP contribution is -2.63. The molecule has 0 spiro atoms. The molecule has 1 aromatic carbocycles. The van der Waals surface area contributed by atoms with Gasteiger partial charge in [0.2, 0.25) is 11.8 Å². The summed E-state index contributed by atoms with van der Waals surface area (Å²) in [4.78, 5) is 57.6. The normalized spacial score (nSPS) is 21.6. The minimum Gasteiger partial charge on any atom is -0.344 e. The van der Waals surface area contributed by atoms with Crippen LogP contribution in [0.1, 0.15) is 114 Å². The molecule has 2 aromatic rings. The summed E-state index contributed by atoms with van der Waals surface area (Å²) in [5.41, 5.74) is 0.990. The molecule has 264 valence electrons. The third-order valence-electron chi connectivity index (χ3n) is 10.4. The summed E-state index contributed by atoms with van der Waals surface area (Å²) in [5.74, 6) is -1.91. The van der Waals surface area contributed by atoms with E-state index < -0.39 is 29.7 Å². The van der Waals surface area contributed by atoms with E-state index in [1.165, 1.54) is 6.07 Å².